The van der Waals surface area contributed by atoms with Gasteiger partial charge in [-0.15, -0.1) is 0 Å². The van der Waals surface area contributed by atoms with Crippen molar-refractivity contribution in [2.24, 2.45) is 0 Å². The lowest BCUT2D eigenvalue weighted by atomic mass is 10.2. The third-order valence-electron chi connectivity index (χ3n) is 3.20. The maximum Gasteiger partial charge on any atom is 0.200 e. The third-order valence-corrected chi connectivity index (χ3v) is 3.20. The van der Waals surface area contributed by atoms with Crippen molar-refractivity contribution in [3.63, 3.8) is 0 Å². The maximum absolute atomic E-state index is 12.9. The van der Waals surface area contributed by atoms with Crippen LogP contribution in [0.2, 0.25) is 0 Å². The van der Waals surface area contributed by atoms with Crippen molar-refractivity contribution in [3.05, 3.63) is 54.5 Å². The molecule has 0 radical (unpaired) electrons. The highest BCUT2D eigenvalue weighted by molar-refractivity contribution is 5.60. The van der Waals surface area contributed by atoms with Crippen LogP contribution in [0.4, 0.5) is 10.3 Å². The Hall–Kier alpha value is -2.63. The van der Waals surface area contributed by atoms with Gasteiger partial charge in [0.2, 0.25) is 5.95 Å². The summed E-state index contributed by atoms with van der Waals surface area (Å²) in [6.07, 6.45) is 7.18. The Morgan fingerprint density at radius 2 is 2.00 bits per heavy atom. The molecule has 0 fully saturated rings. The topological polar surface area (TPSA) is 69.4 Å². The van der Waals surface area contributed by atoms with E-state index in [1.165, 1.54) is 12.1 Å². The van der Waals surface area contributed by atoms with Crippen LogP contribution in [0.25, 0.3) is 11.3 Å². The first-order valence-electron chi connectivity index (χ1n) is 6.83. The van der Waals surface area contributed by atoms with Crippen molar-refractivity contribution in [2.75, 3.05) is 11.9 Å². The molecular weight excluding hydrogens is 269 g/mol. The molecule has 2 heterocycles. The largest absolute Gasteiger partial charge is 0.356 e. The predicted octanol–water partition coefficient (Wildman–Crippen LogP) is 2.98. The van der Waals surface area contributed by atoms with Gasteiger partial charge in [-0.3, -0.25) is 0 Å². The predicted molar refractivity (Wildman–Crippen MR) is 79.4 cm³/mol. The molecule has 3 aromatic rings. The van der Waals surface area contributed by atoms with E-state index in [-0.39, 0.29) is 5.82 Å². The lowest BCUT2D eigenvalue weighted by Crippen LogP contribution is -2.04. The minimum atomic E-state index is -0.240. The van der Waals surface area contributed by atoms with E-state index >= 15 is 0 Å². The number of nitrogens with zero attached hydrogens (tertiary/aromatic N) is 2. The SMILES string of the molecule is Fc1ccc(-c2cnc(NCCCc3cnc[nH]3)[nH]2)cc1. The number of nitrogens with one attached hydrogen (secondary N) is 3. The number of imidazole rings is 2. The van der Waals surface area contributed by atoms with Crippen LogP contribution >= 0.6 is 0 Å². The van der Waals surface area contributed by atoms with Crippen LogP contribution in [-0.4, -0.2) is 26.5 Å². The molecule has 108 valence electrons. The Balaban J connectivity index is 1.52. The molecule has 0 aliphatic heterocycles. The molecule has 2 aromatic heterocycles. The van der Waals surface area contributed by atoms with Crippen LogP contribution in [0.15, 0.2) is 43.0 Å². The van der Waals surface area contributed by atoms with Crippen molar-refractivity contribution in [1.29, 1.82) is 0 Å². The van der Waals surface area contributed by atoms with Crippen molar-refractivity contribution in [3.8, 4) is 11.3 Å². The van der Waals surface area contributed by atoms with Gasteiger partial charge < -0.3 is 15.3 Å². The first-order valence-corrected chi connectivity index (χ1v) is 6.83. The molecule has 1 aromatic carbocycles. The highest BCUT2D eigenvalue weighted by atomic mass is 19.1. The van der Waals surface area contributed by atoms with Gasteiger partial charge in [-0.1, -0.05) is 0 Å². The Morgan fingerprint density at radius 3 is 2.76 bits per heavy atom. The fraction of sp³-hybridized carbons (Fsp3) is 0.200. The van der Waals surface area contributed by atoms with E-state index in [0.717, 1.165) is 42.3 Å². The Labute approximate surface area is 121 Å². The molecule has 21 heavy (non-hydrogen) atoms. The molecule has 0 spiro atoms. The van der Waals surface area contributed by atoms with Gasteiger partial charge in [0, 0.05) is 18.4 Å². The molecule has 0 bridgehead atoms. The molecule has 0 saturated heterocycles. The molecule has 0 unspecified atom stereocenters. The van der Waals surface area contributed by atoms with Gasteiger partial charge in [-0.2, -0.15) is 0 Å². The van der Waals surface area contributed by atoms with Crippen LogP contribution in [-0.2, 0) is 6.42 Å². The Kier molecular flexibility index (Phi) is 3.95. The first-order chi connectivity index (χ1) is 10.3. The first kappa shape index (κ1) is 13.4. The molecule has 6 heteroatoms. The van der Waals surface area contributed by atoms with Crippen LogP contribution in [0.1, 0.15) is 12.1 Å². The van der Waals surface area contributed by atoms with E-state index in [1.807, 2.05) is 6.20 Å². The number of halogens is 1. The number of benzene rings is 1. The van der Waals surface area contributed by atoms with Gasteiger partial charge in [0.15, 0.2) is 0 Å². The lowest BCUT2D eigenvalue weighted by molar-refractivity contribution is 0.628. The summed E-state index contributed by atoms with van der Waals surface area (Å²) < 4.78 is 12.9. The van der Waals surface area contributed by atoms with Crippen LogP contribution in [0.5, 0.6) is 0 Å². The van der Waals surface area contributed by atoms with E-state index in [2.05, 4.69) is 25.3 Å². The third kappa shape index (κ3) is 3.47. The van der Waals surface area contributed by atoms with Crippen LogP contribution in [0.3, 0.4) is 0 Å². The Bertz CT molecular complexity index is 672. The number of aryl methyl sites for hydroxylation is 1. The summed E-state index contributed by atoms with van der Waals surface area (Å²) in [5, 5.41) is 3.23. The highest BCUT2D eigenvalue weighted by Gasteiger charge is 2.03. The molecule has 0 aliphatic carbocycles. The zero-order chi connectivity index (χ0) is 14.5. The summed E-state index contributed by atoms with van der Waals surface area (Å²) in [5.41, 5.74) is 2.91. The van der Waals surface area contributed by atoms with Gasteiger partial charge in [0.25, 0.3) is 0 Å². The van der Waals surface area contributed by atoms with Gasteiger partial charge in [0.05, 0.1) is 18.2 Å². The van der Waals surface area contributed by atoms with Crippen molar-refractivity contribution < 1.29 is 4.39 Å². The van der Waals surface area contributed by atoms with Crippen molar-refractivity contribution >= 4 is 5.95 Å². The number of anilines is 1. The zero-order valence-electron chi connectivity index (χ0n) is 11.4. The summed E-state index contributed by atoms with van der Waals surface area (Å²) in [5.74, 6) is 0.481. The molecule has 3 N–H and O–H groups in total. The van der Waals surface area contributed by atoms with Gasteiger partial charge in [-0.05, 0) is 42.7 Å². The van der Waals surface area contributed by atoms with E-state index in [1.54, 1.807) is 24.7 Å². The Morgan fingerprint density at radius 1 is 1.14 bits per heavy atom. The summed E-state index contributed by atoms with van der Waals surface area (Å²) in [6, 6.07) is 6.33. The average molecular weight is 285 g/mol. The molecule has 0 aliphatic rings. The van der Waals surface area contributed by atoms with Gasteiger partial charge >= 0.3 is 0 Å². The van der Waals surface area contributed by atoms with E-state index in [9.17, 15) is 4.39 Å². The fourth-order valence-electron chi connectivity index (χ4n) is 2.09. The van der Waals surface area contributed by atoms with Crippen LogP contribution in [0, 0.1) is 5.82 Å². The number of aromatic amines is 2. The molecule has 5 nitrogen and oxygen atoms in total. The summed E-state index contributed by atoms with van der Waals surface area (Å²) in [7, 11) is 0. The zero-order valence-corrected chi connectivity index (χ0v) is 11.4. The van der Waals surface area contributed by atoms with E-state index in [4.69, 9.17) is 0 Å². The standard InChI is InChI=1S/C15H16FN5/c16-12-5-3-11(4-6-12)14-9-19-15(21-14)18-7-1-2-13-8-17-10-20-13/h3-6,8-10H,1-2,7H2,(H,17,20)(H2,18,19,21). The number of hydrogen-bond acceptors (Lipinski definition) is 3. The smallest absolute Gasteiger partial charge is 0.200 e. The molecule has 0 saturated carbocycles. The summed E-state index contributed by atoms with van der Waals surface area (Å²) >= 11 is 0. The van der Waals surface area contributed by atoms with Gasteiger partial charge in [0.1, 0.15) is 5.82 Å². The summed E-state index contributed by atoms with van der Waals surface area (Å²) in [6.45, 7) is 0.815. The molecule has 0 atom stereocenters. The second-order valence-corrected chi connectivity index (χ2v) is 4.76. The van der Waals surface area contributed by atoms with Crippen LogP contribution < -0.4 is 5.32 Å². The number of aromatic nitrogens is 4. The van der Waals surface area contributed by atoms with E-state index < -0.39 is 0 Å². The van der Waals surface area contributed by atoms with Crippen molar-refractivity contribution in [1.82, 2.24) is 19.9 Å². The molecular formula is C15H16FN5. The highest BCUT2D eigenvalue weighted by Crippen LogP contribution is 2.18. The lowest BCUT2D eigenvalue weighted by Gasteiger charge is -2.02. The molecule has 3 rings (SSSR count). The van der Waals surface area contributed by atoms with E-state index in [0.29, 0.717) is 0 Å². The minimum Gasteiger partial charge on any atom is -0.356 e. The minimum absolute atomic E-state index is 0.240. The fourth-order valence-corrected chi connectivity index (χ4v) is 2.09. The quantitative estimate of drug-likeness (QED) is 0.610. The molecule has 0 amide bonds. The second-order valence-electron chi connectivity index (χ2n) is 4.76. The van der Waals surface area contributed by atoms with Gasteiger partial charge in [-0.25, -0.2) is 14.4 Å². The second kappa shape index (κ2) is 6.21. The number of H-pyrrole nitrogens is 2. The number of rotatable bonds is 6. The maximum atomic E-state index is 12.9. The summed E-state index contributed by atoms with van der Waals surface area (Å²) in [4.78, 5) is 14.5. The normalized spacial score (nSPS) is 10.7. The monoisotopic (exact) mass is 285 g/mol. The number of hydrogen-bond donors (Lipinski definition) is 3. The van der Waals surface area contributed by atoms with Crippen molar-refractivity contribution in [2.45, 2.75) is 12.8 Å². The average Bonchev–Trinajstić information content (AvgIpc) is 3.16.